The molecule has 0 saturated carbocycles. The van der Waals surface area contributed by atoms with Crippen LogP contribution in [-0.2, 0) is 0 Å². The monoisotopic (exact) mass is 267 g/mol. The largest absolute Gasteiger partial charge is 0.508 e. The van der Waals surface area contributed by atoms with E-state index in [4.69, 9.17) is 5.73 Å². The van der Waals surface area contributed by atoms with Crippen molar-refractivity contribution in [3.05, 3.63) is 60.7 Å². The van der Waals surface area contributed by atoms with Crippen molar-refractivity contribution < 1.29 is 5.11 Å². The highest BCUT2D eigenvalue weighted by Gasteiger charge is 2.05. The molecule has 1 aromatic heterocycles. The van der Waals surface area contributed by atoms with Gasteiger partial charge in [-0.15, -0.1) is 11.3 Å². The fourth-order valence-corrected chi connectivity index (χ4v) is 2.94. The maximum atomic E-state index is 9.30. The van der Waals surface area contributed by atoms with Gasteiger partial charge in [0.15, 0.2) is 0 Å². The molecule has 0 fully saturated rings. The zero-order chi connectivity index (χ0) is 13.2. The Morgan fingerprint density at radius 1 is 0.684 bits per heavy atom. The van der Waals surface area contributed by atoms with Gasteiger partial charge in [0, 0.05) is 15.4 Å². The smallest absolute Gasteiger partial charge is 0.115 e. The molecule has 3 aromatic rings. The molecular weight excluding hydrogens is 254 g/mol. The normalized spacial score (nSPS) is 10.5. The Morgan fingerprint density at radius 3 is 1.68 bits per heavy atom. The van der Waals surface area contributed by atoms with Crippen LogP contribution in [0.15, 0.2) is 60.7 Å². The summed E-state index contributed by atoms with van der Waals surface area (Å²) in [6.45, 7) is 0. The Balaban J connectivity index is 1.95. The van der Waals surface area contributed by atoms with E-state index in [1.54, 1.807) is 23.5 Å². The van der Waals surface area contributed by atoms with Gasteiger partial charge in [0.05, 0.1) is 0 Å². The van der Waals surface area contributed by atoms with Gasteiger partial charge in [0.1, 0.15) is 5.75 Å². The van der Waals surface area contributed by atoms with E-state index in [2.05, 4.69) is 12.1 Å². The Morgan fingerprint density at radius 2 is 1.16 bits per heavy atom. The van der Waals surface area contributed by atoms with E-state index in [1.807, 2.05) is 36.4 Å². The number of anilines is 1. The number of phenolic OH excluding ortho intramolecular Hbond substituents is 1. The van der Waals surface area contributed by atoms with Crippen molar-refractivity contribution in [2.75, 3.05) is 5.73 Å². The summed E-state index contributed by atoms with van der Waals surface area (Å²) in [5, 5.41) is 9.30. The fourth-order valence-electron chi connectivity index (χ4n) is 1.92. The molecule has 0 bridgehead atoms. The zero-order valence-corrected chi connectivity index (χ0v) is 11.0. The van der Waals surface area contributed by atoms with E-state index in [-0.39, 0.29) is 0 Å². The molecule has 0 atom stereocenters. The SMILES string of the molecule is Nc1ccc(-c2ccc(-c3ccc(O)cc3)s2)cc1. The Hall–Kier alpha value is -2.26. The molecule has 94 valence electrons. The molecule has 0 aliphatic rings. The Bertz CT molecular complexity index is 624. The second-order valence-electron chi connectivity index (χ2n) is 4.33. The highest BCUT2D eigenvalue weighted by atomic mass is 32.1. The minimum Gasteiger partial charge on any atom is -0.508 e. The van der Waals surface area contributed by atoms with Gasteiger partial charge in [-0.3, -0.25) is 0 Å². The van der Waals surface area contributed by atoms with E-state index >= 15 is 0 Å². The van der Waals surface area contributed by atoms with Gasteiger partial charge in [0.2, 0.25) is 0 Å². The maximum absolute atomic E-state index is 9.30. The standard InChI is InChI=1S/C16H13NOS/c17-13-5-1-11(2-6-13)15-9-10-16(19-15)12-3-7-14(18)8-4-12/h1-10,18H,17H2. The van der Waals surface area contributed by atoms with Crippen LogP contribution in [0.25, 0.3) is 20.9 Å². The lowest BCUT2D eigenvalue weighted by Gasteiger charge is -1.99. The van der Waals surface area contributed by atoms with Crippen LogP contribution in [0, 0.1) is 0 Å². The molecule has 2 nitrogen and oxygen atoms in total. The van der Waals surface area contributed by atoms with Crippen LogP contribution >= 0.6 is 11.3 Å². The van der Waals surface area contributed by atoms with Gasteiger partial charge < -0.3 is 10.8 Å². The first-order chi connectivity index (χ1) is 9.22. The number of benzene rings is 2. The third-order valence-electron chi connectivity index (χ3n) is 2.95. The first-order valence-electron chi connectivity index (χ1n) is 5.97. The predicted molar refractivity (Wildman–Crippen MR) is 81.3 cm³/mol. The summed E-state index contributed by atoms with van der Waals surface area (Å²) in [6, 6.07) is 19.4. The maximum Gasteiger partial charge on any atom is 0.115 e. The summed E-state index contributed by atoms with van der Waals surface area (Å²) < 4.78 is 0. The van der Waals surface area contributed by atoms with Crippen molar-refractivity contribution >= 4 is 17.0 Å². The van der Waals surface area contributed by atoms with Crippen molar-refractivity contribution in [2.45, 2.75) is 0 Å². The van der Waals surface area contributed by atoms with Crippen LogP contribution in [-0.4, -0.2) is 5.11 Å². The molecular formula is C16H13NOS. The molecule has 2 aromatic carbocycles. The highest BCUT2D eigenvalue weighted by Crippen LogP contribution is 2.35. The van der Waals surface area contributed by atoms with E-state index in [0.29, 0.717) is 5.75 Å². The van der Waals surface area contributed by atoms with Gasteiger partial charge in [-0.1, -0.05) is 12.1 Å². The van der Waals surface area contributed by atoms with E-state index in [0.717, 1.165) is 11.3 Å². The minimum absolute atomic E-state index is 0.291. The lowest BCUT2D eigenvalue weighted by molar-refractivity contribution is 0.475. The first kappa shape index (κ1) is 11.8. The minimum atomic E-state index is 0.291. The molecule has 3 rings (SSSR count). The predicted octanol–water partition coefficient (Wildman–Crippen LogP) is 4.37. The average Bonchev–Trinajstić information content (AvgIpc) is 2.90. The van der Waals surface area contributed by atoms with Gasteiger partial charge in [-0.2, -0.15) is 0 Å². The first-order valence-corrected chi connectivity index (χ1v) is 6.79. The molecule has 0 radical (unpaired) electrons. The molecule has 3 heteroatoms. The molecule has 0 saturated heterocycles. The van der Waals surface area contributed by atoms with Gasteiger partial charge in [-0.25, -0.2) is 0 Å². The molecule has 3 N–H and O–H groups in total. The quantitative estimate of drug-likeness (QED) is 0.677. The number of rotatable bonds is 2. The fraction of sp³-hybridized carbons (Fsp3) is 0. The van der Waals surface area contributed by atoms with Crippen LogP contribution in [0.3, 0.4) is 0 Å². The van der Waals surface area contributed by atoms with E-state index in [9.17, 15) is 5.11 Å². The van der Waals surface area contributed by atoms with E-state index in [1.165, 1.54) is 15.3 Å². The third-order valence-corrected chi connectivity index (χ3v) is 4.14. The molecule has 1 heterocycles. The number of nitrogens with two attached hydrogens (primary N) is 1. The molecule has 0 unspecified atom stereocenters. The van der Waals surface area contributed by atoms with Gasteiger partial charge in [-0.05, 0) is 59.7 Å². The summed E-state index contributed by atoms with van der Waals surface area (Å²) in [4.78, 5) is 2.40. The molecule has 0 aliphatic carbocycles. The number of hydrogen-bond acceptors (Lipinski definition) is 3. The number of thiophene rings is 1. The lowest BCUT2D eigenvalue weighted by atomic mass is 10.1. The summed E-state index contributed by atoms with van der Waals surface area (Å²) >= 11 is 1.73. The van der Waals surface area contributed by atoms with Crippen LogP contribution in [0.2, 0.25) is 0 Å². The topological polar surface area (TPSA) is 46.2 Å². The number of hydrogen-bond donors (Lipinski definition) is 2. The molecule has 19 heavy (non-hydrogen) atoms. The number of aromatic hydroxyl groups is 1. The lowest BCUT2D eigenvalue weighted by Crippen LogP contribution is -1.82. The molecule has 0 amide bonds. The van der Waals surface area contributed by atoms with Gasteiger partial charge in [0.25, 0.3) is 0 Å². The van der Waals surface area contributed by atoms with Crippen molar-refractivity contribution in [2.24, 2.45) is 0 Å². The molecule has 0 spiro atoms. The van der Waals surface area contributed by atoms with Crippen molar-refractivity contribution in [1.29, 1.82) is 0 Å². The second kappa shape index (κ2) is 4.78. The van der Waals surface area contributed by atoms with Crippen LogP contribution in [0.5, 0.6) is 5.75 Å². The summed E-state index contributed by atoms with van der Waals surface area (Å²) in [6.07, 6.45) is 0. The highest BCUT2D eigenvalue weighted by molar-refractivity contribution is 7.18. The van der Waals surface area contributed by atoms with E-state index < -0.39 is 0 Å². The van der Waals surface area contributed by atoms with Crippen molar-refractivity contribution in [3.63, 3.8) is 0 Å². The Labute approximate surface area is 115 Å². The summed E-state index contributed by atoms with van der Waals surface area (Å²) in [7, 11) is 0. The van der Waals surface area contributed by atoms with Crippen molar-refractivity contribution in [1.82, 2.24) is 0 Å². The second-order valence-corrected chi connectivity index (χ2v) is 5.42. The summed E-state index contributed by atoms with van der Waals surface area (Å²) in [5.74, 6) is 0.291. The van der Waals surface area contributed by atoms with Crippen LogP contribution in [0.1, 0.15) is 0 Å². The summed E-state index contributed by atoms with van der Waals surface area (Å²) in [5.41, 5.74) is 8.76. The average molecular weight is 267 g/mol. The van der Waals surface area contributed by atoms with Crippen LogP contribution < -0.4 is 5.73 Å². The Kier molecular flexibility index (Phi) is 2.97. The molecule has 0 aliphatic heterocycles. The van der Waals surface area contributed by atoms with Gasteiger partial charge >= 0.3 is 0 Å². The van der Waals surface area contributed by atoms with Crippen LogP contribution in [0.4, 0.5) is 5.69 Å². The zero-order valence-electron chi connectivity index (χ0n) is 10.2. The van der Waals surface area contributed by atoms with Crippen molar-refractivity contribution in [3.8, 4) is 26.6 Å². The number of phenols is 1. The number of nitrogen functional groups attached to an aromatic ring is 1. The third kappa shape index (κ3) is 2.46.